The zero-order valence-corrected chi connectivity index (χ0v) is 11.7. The Morgan fingerprint density at radius 3 is 2.67 bits per heavy atom. The van der Waals surface area contributed by atoms with E-state index in [0.29, 0.717) is 12.3 Å². The molecule has 0 radical (unpaired) electrons. The maximum absolute atomic E-state index is 12.9. The Balaban J connectivity index is 1.65. The Morgan fingerprint density at radius 1 is 1.19 bits per heavy atom. The Morgan fingerprint density at radius 2 is 1.95 bits per heavy atom. The van der Waals surface area contributed by atoms with Crippen molar-refractivity contribution in [2.24, 2.45) is 5.92 Å². The van der Waals surface area contributed by atoms with Gasteiger partial charge < -0.3 is 10.0 Å². The van der Waals surface area contributed by atoms with Crippen molar-refractivity contribution in [1.29, 1.82) is 0 Å². The standard InChI is InChI=1S/C16H18FN3O/c17-14-3-1-12(2-4-14)9-15-18-7-5-16(19-15)20-10-13(11-20)6-8-21/h1-5,7,13,21H,6,8-11H2. The molecule has 1 aliphatic rings. The van der Waals surface area contributed by atoms with Crippen LogP contribution in [0.15, 0.2) is 36.5 Å². The van der Waals surface area contributed by atoms with Gasteiger partial charge in [-0.25, -0.2) is 14.4 Å². The van der Waals surface area contributed by atoms with Gasteiger partial charge in [-0.05, 0) is 36.1 Å². The van der Waals surface area contributed by atoms with Crippen LogP contribution < -0.4 is 4.90 Å². The smallest absolute Gasteiger partial charge is 0.135 e. The summed E-state index contributed by atoms with van der Waals surface area (Å²) in [5.41, 5.74) is 0.996. The molecule has 0 atom stereocenters. The van der Waals surface area contributed by atoms with Gasteiger partial charge in [0.05, 0.1) is 0 Å². The highest BCUT2D eigenvalue weighted by Gasteiger charge is 2.27. The van der Waals surface area contributed by atoms with Gasteiger partial charge in [0.15, 0.2) is 0 Å². The van der Waals surface area contributed by atoms with Crippen LogP contribution in [-0.2, 0) is 6.42 Å². The molecule has 5 heteroatoms. The van der Waals surface area contributed by atoms with Crippen LogP contribution in [0.3, 0.4) is 0 Å². The van der Waals surface area contributed by atoms with Gasteiger partial charge in [0.2, 0.25) is 0 Å². The van der Waals surface area contributed by atoms with E-state index in [4.69, 9.17) is 5.11 Å². The molecule has 0 unspecified atom stereocenters. The molecule has 1 fully saturated rings. The normalized spacial score (nSPS) is 15.0. The minimum absolute atomic E-state index is 0.232. The largest absolute Gasteiger partial charge is 0.396 e. The summed E-state index contributed by atoms with van der Waals surface area (Å²) in [6.07, 6.45) is 3.21. The van der Waals surface area contributed by atoms with E-state index < -0.39 is 0 Å². The number of hydrogen-bond acceptors (Lipinski definition) is 4. The number of halogens is 1. The van der Waals surface area contributed by atoms with Gasteiger partial charge in [-0.1, -0.05) is 12.1 Å². The maximum atomic E-state index is 12.9. The van der Waals surface area contributed by atoms with Crippen LogP contribution >= 0.6 is 0 Å². The average molecular weight is 287 g/mol. The minimum Gasteiger partial charge on any atom is -0.396 e. The van der Waals surface area contributed by atoms with Gasteiger partial charge in [-0.15, -0.1) is 0 Å². The van der Waals surface area contributed by atoms with Crippen LogP contribution in [0.1, 0.15) is 17.8 Å². The summed E-state index contributed by atoms with van der Waals surface area (Å²) in [7, 11) is 0. The van der Waals surface area contributed by atoms with E-state index >= 15 is 0 Å². The lowest BCUT2D eigenvalue weighted by Crippen LogP contribution is -2.47. The molecule has 1 aliphatic heterocycles. The van der Waals surface area contributed by atoms with Crippen LogP contribution in [0.4, 0.5) is 10.2 Å². The maximum Gasteiger partial charge on any atom is 0.135 e. The number of hydrogen-bond donors (Lipinski definition) is 1. The molecular formula is C16H18FN3O. The monoisotopic (exact) mass is 287 g/mol. The fraction of sp³-hybridized carbons (Fsp3) is 0.375. The molecule has 0 bridgehead atoms. The van der Waals surface area contributed by atoms with Crippen molar-refractivity contribution in [2.45, 2.75) is 12.8 Å². The van der Waals surface area contributed by atoms with Crippen molar-refractivity contribution in [1.82, 2.24) is 9.97 Å². The third kappa shape index (κ3) is 3.36. The molecule has 110 valence electrons. The number of aliphatic hydroxyl groups is 1. The molecule has 1 N–H and O–H groups in total. The first-order valence-corrected chi connectivity index (χ1v) is 7.17. The summed E-state index contributed by atoms with van der Waals surface area (Å²) < 4.78 is 12.9. The van der Waals surface area contributed by atoms with Crippen LogP contribution in [0.5, 0.6) is 0 Å². The van der Waals surface area contributed by atoms with Crippen molar-refractivity contribution in [2.75, 3.05) is 24.6 Å². The van der Waals surface area contributed by atoms with Crippen LogP contribution in [0.25, 0.3) is 0 Å². The lowest BCUT2D eigenvalue weighted by molar-refractivity contribution is 0.238. The second kappa shape index (κ2) is 6.18. The van der Waals surface area contributed by atoms with Gasteiger partial charge in [-0.3, -0.25) is 0 Å². The Kier molecular flexibility index (Phi) is 4.10. The number of nitrogens with zero attached hydrogens (tertiary/aromatic N) is 3. The zero-order chi connectivity index (χ0) is 14.7. The highest BCUT2D eigenvalue weighted by atomic mass is 19.1. The van der Waals surface area contributed by atoms with Crippen LogP contribution in [-0.4, -0.2) is 34.8 Å². The van der Waals surface area contributed by atoms with Gasteiger partial charge in [0.1, 0.15) is 17.5 Å². The highest BCUT2D eigenvalue weighted by molar-refractivity contribution is 5.41. The Bertz CT molecular complexity index is 597. The molecule has 0 saturated carbocycles. The summed E-state index contributed by atoms with van der Waals surface area (Å²) in [4.78, 5) is 11.0. The highest BCUT2D eigenvalue weighted by Crippen LogP contribution is 2.24. The van der Waals surface area contributed by atoms with Gasteiger partial charge in [0, 0.05) is 32.3 Å². The minimum atomic E-state index is -0.232. The predicted octanol–water partition coefficient (Wildman–Crippen LogP) is 2.03. The second-order valence-corrected chi connectivity index (χ2v) is 5.42. The summed E-state index contributed by atoms with van der Waals surface area (Å²) in [6.45, 7) is 2.12. The Labute approximate surface area is 123 Å². The van der Waals surface area contributed by atoms with E-state index in [9.17, 15) is 4.39 Å². The lowest BCUT2D eigenvalue weighted by atomic mass is 9.97. The van der Waals surface area contributed by atoms with E-state index in [1.54, 1.807) is 18.3 Å². The van der Waals surface area contributed by atoms with Crippen molar-refractivity contribution >= 4 is 5.82 Å². The van der Waals surface area contributed by atoms with Crippen molar-refractivity contribution in [3.05, 3.63) is 53.7 Å². The number of aromatic nitrogens is 2. The molecule has 0 spiro atoms. The molecule has 1 saturated heterocycles. The molecule has 0 aliphatic carbocycles. The van der Waals surface area contributed by atoms with E-state index in [2.05, 4.69) is 14.9 Å². The molecule has 21 heavy (non-hydrogen) atoms. The first kappa shape index (κ1) is 13.9. The molecule has 3 rings (SSSR count). The molecular weight excluding hydrogens is 269 g/mol. The number of aliphatic hydroxyl groups excluding tert-OH is 1. The fourth-order valence-electron chi connectivity index (χ4n) is 2.56. The molecule has 0 amide bonds. The number of benzene rings is 1. The summed E-state index contributed by atoms with van der Waals surface area (Å²) >= 11 is 0. The lowest BCUT2D eigenvalue weighted by Gasteiger charge is -2.40. The van der Waals surface area contributed by atoms with E-state index in [0.717, 1.165) is 36.7 Å². The van der Waals surface area contributed by atoms with Crippen molar-refractivity contribution < 1.29 is 9.50 Å². The average Bonchev–Trinajstić information content (AvgIpc) is 2.45. The van der Waals surface area contributed by atoms with Crippen LogP contribution in [0.2, 0.25) is 0 Å². The van der Waals surface area contributed by atoms with E-state index in [-0.39, 0.29) is 12.4 Å². The Hall–Kier alpha value is -2.01. The summed E-state index contributed by atoms with van der Waals surface area (Å²) in [5.74, 6) is 2.00. The second-order valence-electron chi connectivity index (χ2n) is 5.42. The zero-order valence-electron chi connectivity index (χ0n) is 11.7. The molecule has 2 aromatic rings. The first-order valence-electron chi connectivity index (χ1n) is 7.17. The molecule has 4 nitrogen and oxygen atoms in total. The van der Waals surface area contributed by atoms with Gasteiger partial charge in [-0.2, -0.15) is 0 Å². The topological polar surface area (TPSA) is 49.2 Å². The predicted molar refractivity (Wildman–Crippen MR) is 78.6 cm³/mol. The molecule has 2 heterocycles. The van der Waals surface area contributed by atoms with Crippen molar-refractivity contribution in [3.8, 4) is 0 Å². The fourth-order valence-corrected chi connectivity index (χ4v) is 2.56. The molecule has 1 aromatic heterocycles. The van der Waals surface area contributed by atoms with E-state index in [1.807, 2.05) is 6.07 Å². The van der Waals surface area contributed by atoms with Gasteiger partial charge in [0.25, 0.3) is 0 Å². The van der Waals surface area contributed by atoms with Crippen molar-refractivity contribution in [3.63, 3.8) is 0 Å². The quantitative estimate of drug-likeness (QED) is 0.914. The first-order chi connectivity index (χ1) is 10.2. The van der Waals surface area contributed by atoms with Gasteiger partial charge >= 0.3 is 0 Å². The SMILES string of the molecule is OCCC1CN(c2ccnc(Cc3ccc(F)cc3)n2)C1. The summed E-state index contributed by atoms with van der Waals surface area (Å²) in [6, 6.07) is 8.32. The molecule has 1 aromatic carbocycles. The number of rotatable bonds is 5. The van der Waals surface area contributed by atoms with Crippen LogP contribution in [0, 0.1) is 11.7 Å². The van der Waals surface area contributed by atoms with E-state index in [1.165, 1.54) is 12.1 Å². The summed E-state index contributed by atoms with van der Waals surface area (Å²) in [5, 5.41) is 8.92. The third-order valence-electron chi connectivity index (χ3n) is 3.78. The third-order valence-corrected chi connectivity index (χ3v) is 3.78. The number of anilines is 1.